The number of aryl methyl sites for hydroxylation is 1. The molecule has 2 rings (SSSR count). The zero-order valence-corrected chi connectivity index (χ0v) is 11.7. The highest BCUT2D eigenvalue weighted by Gasteiger charge is 2.14. The Balaban J connectivity index is 2.37. The van der Waals surface area contributed by atoms with Gasteiger partial charge < -0.3 is 9.84 Å². The van der Waals surface area contributed by atoms with Crippen molar-refractivity contribution >= 4 is 5.97 Å². The van der Waals surface area contributed by atoms with Crippen LogP contribution in [0.1, 0.15) is 34.0 Å². The molecular formula is C17H18O3. The van der Waals surface area contributed by atoms with Crippen molar-refractivity contribution in [2.24, 2.45) is 0 Å². The number of carboxylic acids is 1. The summed E-state index contributed by atoms with van der Waals surface area (Å²) in [5, 5.41) is 9.19. The van der Waals surface area contributed by atoms with Crippen LogP contribution in [0.25, 0.3) is 0 Å². The van der Waals surface area contributed by atoms with Gasteiger partial charge >= 0.3 is 5.97 Å². The van der Waals surface area contributed by atoms with Crippen LogP contribution < -0.4 is 4.74 Å². The SMILES string of the molecule is CCc1cccc(Cc2cccc(C(=O)O)c2OC)c1. The van der Waals surface area contributed by atoms with E-state index in [1.165, 1.54) is 12.7 Å². The summed E-state index contributed by atoms with van der Waals surface area (Å²) in [5.41, 5.74) is 3.53. The summed E-state index contributed by atoms with van der Waals surface area (Å²) in [6.45, 7) is 2.12. The van der Waals surface area contributed by atoms with Gasteiger partial charge in [-0.05, 0) is 29.2 Å². The standard InChI is InChI=1S/C17H18O3/c1-3-12-6-4-7-13(10-12)11-14-8-5-9-15(17(18)19)16(14)20-2/h4-10H,3,11H2,1-2H3,(H,18,19). The number of aromatic carboxylic acids is 1. The molecule has 20 heavy (non-hydrogen) atoms. The van der Waals surface area contributed by atoms with Crippen LogP contribution in [0.15, 0.2) is 42.5 Å². The number of para-hydroxylation sites is 1. The molecule has 0 aliphatic carbocycles. The van der Waals surface area contributed by atoms with Gasteiger partial charge in [0.1, 0.15) is 11.3 Å². The Morgan fingerprint density at radius 2 is 1.85 bits per heavy atom. The second-order valence-electron chi connectivity index (χ2n) is 4.65. The molecule has 104 valence electrons. The zero-order chi connectivity index (χ0) is 14.5. The number of rotatable bonds is 5. The van der Waals surface area contributed by atoms with E-state index in [9.17, 15) is 9.90 Å². The lowest BCUT2D eigenvalue weighted by Crippen LogP contribution is -2.04. The molecule has 0 saturated heterocycles. The van der Waals surface area contributed by atoms with Crippen molar-refractivity contribution in [3.8, 4) is 5.75 Å². The maximum absolute atomic E-state index is 11.2. The van der Waals surface area contributed by atoms with Crippen LogP contribution in [0.3, 0.4) is 0 Å². The number of carbonyl (C=O) groups is 1. The van der Waals surface area contributed by atoms with Crippen molar-refractivity contribution in [3.05, 3.63) is 64.7 Å². The van der Waals surface area contributed by atoms with E-state index in [0.29, 0.717) is 12.2 Å². The lowest BCUT2D eigenvalue weighted by atomic mass is 9.99. The van der Waals surface area contributed by atoms with Gasteiger partial charge in [0.2, 0.25) is 0 Å². The first kappa shape index (κ1) is 14.1. The Morgan fingerprint density at radius 1 is 1.15 bits per heavy atom. The van der Waals surface area contributed by atoms with Gasteiger partial charge in [-0.25, -0.2) is 4.79 Å². The topological polar surface area (TPSA) is 46.5 Å². The Bertz CT molecular complexity index is 617. The first-order valence-electron chi connectivity index (χ1n) is 6.62. The van der Waals surface area contributed by atoms with Gasteiger partial charge in [-0.2, -0.15) is 0 Å². The normalized spacial score (nSPS) is 10.3. The average Bonchev–Trinajstić information content (AvgIpc) is 2.47. The minimum absolute atomic E-state index is 0.205. The lowest BCUT2D eigenvalue weighted by Gasteiger charge is -2.11. The summed E-state index contributed by atoms with van der Waals surface area (Å²) >= 11 is 0. The molecule has 0 spiro atoms. The molecule has 0 radical (unpaired) electrons. The van der Waals surface area contributed by atoms with Crippen LogP contribution >= 0.6 is 0 Å². The Morgan fingerprint density at radius 3 is 2.50 bits per heavy atom. The molecule has 0 amide bonds. The maximum atomic E-state index is 11.2. The first-order valence-corrected chi connectivity index (χ1v) is 6.62. The molecule has 0 saturated carbocycles. The molecule has 0 heterocycles. The van der Waals surface area contributed by atoms with Crippen molar-refractivity contribution in [2.45, 2.75) is 19.8 Å². The number of benzene rings is 2. The molecule has 0 aliphatic rings. The molecule has 0 fully saturated rings. The summed E-state index contributed by atoms with van der Waals surface area (Å²) < 4.78 is 5.29. The Kier molecular flexibility index (Phi) is 4.41. The lowest BCUT2D eigenvalue weighted by molar-refractivity contribution is 0.0693. The van der Waals surface area contributed by atoms with Crippen molar-refractivity contribution in [1.29, 1.82) is 0 Å². The smallest absolute Gasteiger partial charge is 0.339 e. The number of hydrogen-bond acceptors (Lipinski definition) is 2. The van der Waals surface area contributed by atoms with E-state index in [2.05, 4.69) is 19.1 Å². The first-order chi connectivity index (χ1) is 9.65. The molecule has 0 unspecified atom stereocenters. The number of methoxy groups -OCH3 is 1. The molecule has 0 atom stereocenters. The summed E-state index contributed by atoms with van der Waals surface area (Å²) in [6, 6.07) is 13.5. The second-order valence-corrected chi connectivity index (χ2v) is 4.65. The molecule has 0 aromatic heterocycles. The summed E-state index contributed by atoms with van der Waals surface area (Å²) in [7, 11) is 1.51. The van der Waals surface area contributed by atoms with Crippen LogP contribution in [0.5, 0.6) is 5.75 Å². The average molecular weight is 270 g/mol. The zero-order valence-electron chi connectivity index (χ0n) is 11.7. The quantitative estimate of drug-likeness (QED) is 0.903. The van der Waals surface area contributed by atoms with Crippen LogP contribution in [-0.4, -0.2) is 18.2 Å². The molecule has 2 aromatic rings. The van der Waals surface area contributed by atoms with E-state index in [1.807, 2.05) is 18.2 Å². The van der Waals surface area contributed by atoms with E-state index < -0.39 is 5.97 Å². The third-order valence-electron chi connectivity index (χ3n) is 3.33. The molecule has 0 aliphatic heterocycles. The van der Waals surface area contributed by atoms with E-state index >= 15 is 0 Å². The highest BCUT2D eigenvalue weighted by molar-refractivity contribution is 5.91. The third-order valence-corrected chi connectivity index (χ3v) is 3.33. The third kappa shape index (κ3) is 2.99. The van der Waals surface area contributed by atoms with Crippen LogP contribution in [0.4, 0.5) is 0 Å². The fourth-order valence-corrected chi connectivity index (χ4v) is 2.31. The van der Waals surface area contributed by atoms with E-state index in [4.69, 9.17) is 4.74 Å². The predicted molar refractivity (Wildman–Crippen MR) is 78.6 cm³/mol. The highest BCUT2D eigenvalue weighted by Crippen LogP contribution is 2.26. The molecular weight excluding hydrogens is 252 g/mol. The fraction of sp³-hybridized carbons (Fsp3) is 0.235. The van der Waals surface area contributed by atoms with Crippen LogP contribution in [0.2, 0.25) is 0 Å². The van der Waals surface area contributed by atoms with Crippen molar-refractivity contribution in [1.82, 2.24) is 0 Å². The summed E-state index contributed by atoms with van der Waals surface area (Å²) in [4.78, 5) is 11.2. The molecule has 3 nitrogen and oxygen atoms in total. The van der Waals surface area contributed by atoms with Gasteiger partial charge in [-0.15, -0.1) is 0 Å². The Hall–Kier alpha value is -2.29. The van der Waals surface area contributed by atoms with E-state index in [0.717, 1.165) is 17.5 Å². The van der Waals surface area contributed by atoms with Gasteiger partial charge in [0, 0.05) is 6.42 Å². The molecule has 0 bridgehead atoms. The van der Waals surface area contributed by atoms with E-state index in [-0.39, 0.29) is 5.56 Å². The minimum atomic E-state index is -0.967. The fourth-order valence-electron chi connectivity index (χ4n) is 2.31. The summed E-state index contributed by atoms with van der Waals surface area (Å²) in [6.07, 6.45) is 1.65. The molecule has 1 N–H and O–H groups in total. The summed E-state index contributed by atoms with van der Waals surface area (Å²) in [5.74, 6) is -0.520. The van der Waals surface area contributed by atoms with Gasteiger partial charge in [-0.1, -0.05) is 43.3 Å². The predicted octanol–water partition coefficient (Wildman–Crippen LogP) is 3.55. The molecule has 3 heteroatoms. The van der Waals surface area contributed by atoms with Gasteiger partial charge in [0.15, 0.2) is 0 Å². The van der Waals surface area contributed by atoms with E-state index in [1.54, 1.807) is 12.1 Å². The van der Waals surface area contributed by atoms with Gasteiger partial charge in [0.05, 0.1) is 7.11 Å². The second kappa shape index (κ2) is 6.24. The number of hydrogen-bond donors (Lipinski definition) is 1. The largest absolute Gasteiger partial charge is 0.496 e. The highest BCUT2D eigenvalue weighted by atomic mass is 16.5. The van der Waals surface area contributed by atoms with Gasteiger partial charge in [-0.3, -0.25) is 0 Å². The maximum Gasteiger partial charge on any atom is 0.339 e. The van der Waals surface area contributed by atoms with Gasteiger partial charge in [0.25, 0.3) is 0 Å². The number of carboxylic acid groups (broad SMARTS) is 1. The molecule has 2 aromatic carbocycles. The van der Waals surface area contributed by atoms with Crippen molar-refractivity contribution in [3.63, 3.8) is 0 Å². The monoisotopic (exact) mass is 270 g/mol. The minimum Gasteiger partial charge on any atom is -0.496 e. The van der Waals surface area contributed by atoms with Crippen LogP contribution in [0, 0.1) is 0 Å². The van der Waals surface area contributed by atoms with Crippen LogP contribution in [-0.2, 0) is 12.8 Å². The van der Waals surface area contributed by atoms with Crippen molar-refractivity contribution in [2.75, 3.05) is 7.11 Å². The Labute approximate surface area is 118 Å². The van der Waals surface area contributed by atoms with Crippen molar-refractivity contribution < 1.29 is 14.6 Å². The number of ether oxygens (including phenoxy) is 1.